The summed E-state index contributed by atoms with van der Waals surface area (Å²) in [5.74, 6) is -2.08. The molecule has 0 saturated heterocycles. The van der Waals surface area contributed by atoms with Crippen LogP contribution in [0.25, 0.3) is 0 Å². The summed E-state index contributed by atoms with van der Waals surface area (Å²) in [7, 11) is 3.57. The molecule has 0 aromatic rings. The van der Waals surface area contributed by atoms with Gasteiger partial charge in [-0.3, -0.25) is 4.79 Å². The first-order valence-electron chi connectivity index (χ1n) is 6.47. The molecule has 21 heavy (non-hydrogen) atoms. The van der Waals surface area contributed by atoms with E-state index in [1.165, 1.54) is 14.2 Å². The molecule has 0 heterocycles. The Kier molecular flexibility index (Phi) is 5.48. The fraction of sp³-hybridized carbons (Fsp3) is 0.643. The van der Waals surface area contributed by atoms with Crippen LogP contribution in [-0.4, -0.2) is 50.4 Å². The van der Waals surface area contributed by atoms with Gasteiger partial charge in [0.05, 0.1) is 45.0 Å². The molecule has 0 radical (unpaired) electrons. The lowest BCUT2D eigenvalue weighted by atomic mass is 9.68. The van der Waals surface area contributed by atoms with Gasteiger partial charge in [-0.05, 0) is 12.8 Å². The van der Waals surface area contributed by atoms with Gasteiger partial charge < -0.3 is 19.3 Å². The number of rotatable bonds is 4. The van der Waals surface area contributed by atoms with E-state index in [2.05, 4.69) is 9.47 Å². The van der Waals surface area contributed by atoms with Gasteiger partial charge in [0.2, 0.25) is 0 Å². The third kappa shape index (κ3) is 3.41. The second-order valence-corrected chi connectivity index (χ2v) is 5.14. The highest BCUT2D eigenvalue weighted by Crippen LogP contribution is 2.44. The smallest absolute Gasteiger partial charge is 0.336 e. The Morgan fingerprint density at radius 2 is 1.71 bits per heavy atom. The second-order valence-electron chi connectivity index (χ2n) is 5.14. The number of aliphatic hydroxyl groups is 1. The molecule has 0 unspecified atom stereocenters. The number of hydrogen-bond acceptors (Lipinski definition) is 7. The van der Waals surface area contributed by atoms with Crippen LogP contribution < -0.4 is 0 Å². The highest BCUT2D eigenvalue weighted by Gasteiger charge is 2.46. The molecule has 0 saturated carbocycles. The Morgan fingerprint density at radius 1 is 1.14 bits per heavy atom. The minimum absolute atomic E-state index is 0.0269. The van der Waals surface area contributed by atoms with E-state index in [9.17, 15) is 19.5 Å². The van der Waals surface area contributed by atoms with Gasteiger partial charge in [0.25, 0.3) is 0 Å². The molecule has 1 rings (SSSR count). The average molecular weight is 300 g/mol. The lowest BCUT2D eigenvalue weighted by Gasteiger charge is -2.37. The van der Waals surface area contributed by atoms with Gasteiger partial charge in [0.15, 0.2) is 0 Å². The molecule has 0 spiro atoms. The topological polar surface area (TPSA) is 99.1 Å². The number of carbonyl (C=O) groups excluding carboxylic acids is 3. The zero-order chi connectivity index (χ0) is 16.2. The fourth-order valence-corrected chi connectivity index (χ4v) is 2.59. The van der Waals surface area contributed by atoms with Crippen LogP contribution >= 0.6 is 0 Å². The van der Waals surface area contributed by atoms with E-state index in [4.69, 9.17) is 4.74 Å². The molecular formula is C14H20O7. The zero-order valence-corrected chi connectivity index (χ0v) is 12.6. The highest BCUT2D eigenvalue weighted by molar-refractivity contribution is 6.02. The van der Waals surface area contributed by atoms with Gasteiger partial charge in [0, 0.05) is 5.41 Å². The predicted octanol–water partition coefficient (Wildman–Crippen LogP) is 0.353. The summed E-state index contributed by atoms with van der Waals surface area (Å²) < 4.78 is 14.0. The van der Waals surface area contributed by atoms with Crippen molar-refractivity contribution in [2.75, 3.05) is 21.3 Å². The average Bonchev–Trinajstić information content (AvgIpc) is 2.47. The molecule has 0 aromatic heterocycles. The summed E-state index contributed by atoms with van der Waals surface area (Å²) in [4.78, 5) is 35.6. The van der Waals surface area contributed by atoms with Crippen LogP contribution in [0.2, 0.25) is 0 Å². The lowest BCUT2D eigenvalue weighted by Crippen LogP contribution is -2.39. The Labute approximate surface area is 122 Å². The number of methoxy groups -OCH3 is 3. The molecule has 7 heteroatoms. The van der Waals surface area contributed by atoms with Crippen molar-refractivity contribution in [1.82, 2.24) is 0 Å². The van der Waals surface area contributed by atoms with E-state index in [1.807, 2.05) is 0 Å². The zero-order valence-electron chi connectivity index (χ0n) is 12.6. The fourth-order valence-electron chi connectivity index (χ4n) is 2.59. The van der Waals surface area contributed by atoms with Crippen LogP contribution in [0.3, 0.4) is 0 Å². The van der Waals surface area contributed by atoms with Crippen molar-refractivity contribution in [3.8, 4) is 0 Å². The predicted molar refractivity (Wildman–Crippen MR) is 71.0 cm³/mol. The summed E-state index contributed by atoms with van der Waals surface area (Å²) in [6.45, 7) is 1.66. The van der Waals surface area contributed by atoms with Crippen LogP contribution in [0.4, 0.5) is 0 Å². The summed E-state index contributed by atoms with van der Waals surface area (Å²) in [6, 6.07) is 0. The molecule has 1 aliphatic carbocycles. The second kappa shape index (κ2) is 6.71. The van der Waals surface area contributed by atoms with E-state index in [0.29, 0.717) is 6.42 Å². The van der Waals surface area contributed by atoms with Crippen molar-refractivity contribution >= 4 is 17.9 Å². The third-order valence-corrected chi connectivity index (χ3v) is 3.73. The van der Waals surface area contributed by atoms with Crippen LogP contribution in [0.15, 0.2) is 11.1 Å². The van der Waals surface area contributed by atoms with Gasteiger partial charge in [0.1, 0.15) is 0 Å². The summed E-state index contributed by atoms with van der Waals surface area (Å²) in [5, 5.41) is 10.0. The minimum Gasteiger partial charge on any atom is -0.469 e. The molecule has 0 bridgehead atoms. The third-order valence-electron chi connectivity index (χ3n) is 3.73. The minimum atomic E-state index is -1.13. The van der Waals surface area contributed by atoms with E-state index in [-0.39, 0.29) is 24.0 Å². The van der Waals surface area contributed by atoms with Crippen molar-refractivity contribution in [3.05, 3.63) is 11.1 Å². The van der Waals surface area contributed by atoms with Crippen molar-refractivity contribution in [1.29, 1.82) is 0 Å². The number of carbonyl (C=O) groups is 3. The number of ether oxygens (including phenoxy) is 3. The molecule has 0 aliphatic heterocycles. The maximum Gasteiger partial charge on any atom is 0.336 e. The van der Waals surface area contributed by atoms with Gasteiger partial charge in [-0.1, -0.05) is 6.92 Å². The highest BCUT2D eigenvalue weighted by atomic mass is 16.5. The van der Waals surface area contributed by atoms with E-state index in [0.717, 1.165) is 7.11 Å². The van der Waals surface area contributed by atoms with Gasteiger partial charge in [-0.25, -0.2) is 9.59 Å². The Bertz CT molecular complexity index is 480. The van der Waals surface area contributed by atoms with E-state index in [1.54, 1.807) is 6.92 Å². The number of esters is 3. The molecule has 0 fully saturated rings. The molecule has 0 aromatic carbocycles. The number of hydrogen-bond donors (Lipinski definition) is 1. The first-order chi connectivity index (χ1) is 9.80. The monoisotopic (exact) mass is 300 g/mol. The maximum absolute atomic E-state index is 12.1. The lowest BCUT2D eigenvalue weighted by molar-refractivity contribution is -0.146. The van der Waals surface area contributed by atoms with E-state index < -0.39 is 29.4 Å². The summed E-state index contributed by atoms with van der Waals surface area (Å²) in [5.41, 5.74) is -1.13. The van der Waals surface area contributed by atoms with Crippen LogP contribution in [0.1, 0.15) is 26.2 Å². The van der Waals surface area contributed by atoms with Gasteiger partial charge in [-0.2, -0.15) is 0 Å². The molecule has 1 aliphatic rings. The van der Waals surface area contributed by atoms with Crippen molar-refractivity contribution in [2.24, 2.45) is 5.41 Å². The molecule has 118 valence electrons. The molecular weight excluding hydrogens is 280 g/mol. The Morgan fingerprint density at radius 3 is 2.19 bits per heavy atom. The normalized spacial score (nSPS) is 25.3. The Hall–Kier alpha value is -1.89. The van der Waals surface area contributed by atoms with Crippen molar-refractivity contribution in [2.45, 2.75) is 32.3 Å². The first-order valence-corrected chi connectivity index (χ1v) is 6.47. The van der Waals surface area contributed by atoms with Crippen LogP contribution in [-0.2, 0) is 28.6 Å². The van der Waals surface area contributed by atoms with Crippen molar-refractivity contribution < 1.29 is 33.7 Å². The molecule has 2 atom stereocenters. The first kappa shape index (κ1) is 17.2. The van der Waals surface area contributed by atoms with E-state index >= 15 is 0 Å². The number of aliphatic hydroxyl groups excluding tert-OH is 1. The standard InChI is InChI=1S/C14H20O7/c1-14(7-9(16)19-2)6-5-8(15)10(12(17)20-3)11(14)13(18)21-4/h8,15H,5-7H2,1-4H3/t8-,14-/m0/s1. The summed E-state index contributed by atoms with van der Waals surface area (Å²) in [6.07, 6.45) is -0.648. The van der Waals surface area contributed by atoms with Crippen molar-refractivity contribution in [3.63, 3.8) is 0 Å². The summed E-state index contributed by atoms with van der Waals surface area (Å²) >= 11 is 0. The van der Waals surface area contributed by atoms with Gasteiger partial charge in [-0.15, -0.1) is 0 Å². The molecule has 7 nitrogen and oxygen atoms in total. The quantitative estimate of drug-likeness (QED) is 0.591. The molecule has 1 N–H and O–H groups in total. The SMILES string of the molecule is COC(=O)C[C@]1(C)CC[C@H](O)C(C(=O)OC)=C1C(=O)OC. The van der Waals surface area contributed by atoms with Gasteiger partial charge >= 0.3 is 17.9 Å². The van der Waals surface area contributed by atoms with Crippen LogP contribution in [0, 0.1) is 5.41 Å². The molecule has 0 amide bonds. The van der Waals surface area contributed by atoms with Crippen LogP contribution in [0.5, 0.6) is 0 Å². The Balaban J connectivity index is 3.43. The largest absolute Gasteiger partial charge is 0.469 e. The maximum atomic E-state index is 12.1.